The first-order valence-electron chi connectivity index (χ1n) is 12.1. The summed E-state index contributed by atoms with van der Waals surface area (Å²) in [5, 5.41) is 12.0. The third-order valence-electron chi connectivity index (χ3n) is 9.88. The van der Waals surface area contributed by atoms with Crippen molar-refractivity contribution in [1.29, 1.82) is 0 Å². The highest BCUT2D eigenvalue weighted by Crippen LogP contribution is 2.70. The highest BCUT2D eigenvalue weighted by molar-refractivity contribution is 5.80. The Balaban J connectivity index is 1.55. The van der Waals surface area contributed by atoms with Crippen molar-refractivity contribution in [2.24, 2.45) is 34.5 Å². The Hall–Kier alpha value is -0.910. The first-order valence-corrected chi connectivity index (χ1v) is 12.1. The summed E-state index contributed by atoms with van der Waals surface area (Å²) in [4.78, 5) is 14.6. The van der Waals surface area contributed by atoms with Gasteiger partial charge in [-0.15, -0.1) is 0 Å². The van der Waals surface area contributed by atoms with Gasteiger partial charge in [-0.25, -0.2) is 0 Å². The van der Waals surface area contributed by atoms with Crippen molar-refractivity contribution in [2.75, 3.05) is 19.8 Å². The molecule has 4 fully saturated rings. The van der Waals surface area contributed by atoms with Crippen molar-refractivity contribution >= 4 is 5.91 Å². The lowest BCUT2D eigenvalue weighted by Crippen LogP contribution is -2.64. The van der Waals surface area contributed by atoms with Gasteiger partial charge in [0, 0.05) is 35.9 Å². The predicted octanol–water partition coefficient (Wildman–Crippen LogP) is 4.11. The zero-order valence-electron chi connectivity index (χ0n) is 19.4. The standard InChI is InChI=1S/C25H39NO4/c1-6-26-19-10-7-16-17-8-9-18(25(5)29-13-14-30-25)23(17,3)15-24(4,28)21(16)22(19,2)12-11-20(26)27/h10,16-18,21,28H,6-9,11-15H2,1-5H3. The van der Waals surface area contributed by atoms with Gasteiger partial charge in [-0.1, -0.05) is 19.9 Å². The molecule has 0 aromatic rings. The molecule has 5 nitrogen and oxygen atoms in total. The number of hydrogen-bond acceptors (Lipinski definition) is 4. The Morgan fingerprint density at radius 2 is 1.87 bits per heavy atom. The molecule has 1 amide bonds. The Labute approximate surface area is 181 Å². The van der Waals surface area contributed by atoms with Crippen LogP contribution in [0.25, 0.3) is 0 Å². The fourth-order valence-corrected chi connectivity index (χ4v) is 9.17. The number of hydrogen-bond donors (Lipinski definition) is 1. The van der Waals surface area contributed by atoms with Crippen molar-refractivity contribution in [2.45, 2.75) is 84.5 Å². The van der Waals surface area contributed by atoms with Crippen LogP contribution in [0, 0.1) is 34.5 Å². The summed E-state index contributed by atoms with van der Waals surface area (Å²) >= 11 is 0. The van der Waals surface area contributed by atoms with E-state index in [1.54, 1.807) is 0 Å². The summed E-state index contributed by atoms with van der Waals surface area (Å²) in [5.74, 6) is 1.20. The highest BCUT2D eigenvalue weighted by atomic mass is 16.7. The number of rotatable bonds is 2. The van der Waals surface area contributed by atoms with E-state index in [1.165, 1.54) is 12.1 Å². The van der Waals surface area contributed by atoms with Crippen LogP contribution in [0.3, 0.4) is 0 Å². The Bertz CT molecular complexity index is 769. The van der Waals surface area contributed by atoms with Gasteiger partial charge in [-0.2, -0.15) is 0 Å². The quantitative estimate of drug-likeness (QED) is 0.735. The minimum absolute atomic E-state index is 0.000387. The van der Waals surface area contributed by atoms with E-state index < -0.39 is 11.4 Å². The van der Waals surface area contributed by atoms with E-state index in [2.05, 4.69) is 40.7 Å². The van der Waals surface area contributed by atoms with Gasteiger partial charge in [-0.05, 0) is 70.1 Å². The molecule has 30 heavy (non-hydrogen) atoms. The number of aliphatic hydroxyl groups is 1. The molecule has 5 rings (SSSR count). The number of carbonyl (C=O) groups is 1. The van der Waals surface area contributed by atoms with Gasteiger partial charge in [0.15, 0.2) is 5.79 Å². The van der Waals surface area contributed by atoms with Crippen LogP contribution in [0.5, 0.6) is 0 Å². The molecule has 7 unspecified atom stereocenters. The van der Waals surface area contributed by atoms with Crippen LogP contribution >= 0.6 is 0 Å². The first kappa shape index (κ1) is 21.0. The molecule has 2 saturated heterocycles. The van der Waals surface area contributed by atoms with Crippen LogP contribution in [-0.2, 0) is 14.3 Å². The topological polar surface area (TPSA) is 59.0 Å². The van der Waals surface area contributed by atoms with E-state index in [0.29, 0.717) is 37.4 Å². The van der Waals surface area contributed by atoms with Crippen LogP contribution in [-0.4, -0.2) is 47.1 Å². The summed E-state index contributed by atoms with van der Waals surface area (Å²) in [6, 6.07) is 0. The number of piperidine rings is 1. The first-order chi connectivity index (χ1) is 14.1. The summed E-state index contributed by atoms with van der Waals surface area (Å²) in [5.41, 5.74) is 0.261. The molecule has 0 radical (unpaired) electrons. The van der Waals surface area contributed by atoms with Gasteiger partial charge in [0.25, 0.3) is 0 Å². The van der Waals surface area contributed by atoms with Crippen LogP contribution < -0.4 is 0 Å². The lowest BCUT2D eigenvalue weighted by atomic mass is 9.44. The Kier molecular flexibility index (Phi) is 4.58. The number of fused-ring (bicyclic) bond motifs is 5. The minimum atomic E-state index is -0.776. The van der Waals surface area contributed by atoms with Crippen molar-refractivity contribution in [3.05, 3.63) is 11.8 Å². The number of nitrogens with zero attached hydrogens (tertiary/aromatic N) is 1. The monoisotopic (exact) mass is 417 g/mol. The maximum Gasteiger partial charge on any atom is 0.226 e. The summed E-state index contributed by atoms with van der Waals surface area (Å²) in [6.45, 7) is 13.0. The molecule has 0 bridgehead atoms. The molecule has 7 atom stereocenters. The summed E-state index contributed by atoms with van der Waals surface area (Å²) in [7, 11) is 0. The van der Waals surface area contributed by atoms with Crippen LogP contribution in [0.2, 0.25) is 0 Å². The number of allylic oxidation sites excluding steroid dienone is 2. The smallest absolute Gasteiger partial charge is 0.226 e. The maximum atomic E-state index is 12.6. The van der Waals surface area contributed by atoms with Crippen molar-refractivity contribution in [3.8, 4) is 0 Å². The Morgan fingerprint density at radius 1 is 1.17 bits per heavy atom. The second-order valence-electron chi connectivity index (χ2n) is 11.5. The third kappa shape index (κ3) is 2.61. The molecule has 3 aliphatic carbocycles. The maximum absolute atomic E-state index is 12.6. The molecule has 0 aromatic carbocycles. The summed E-state index contributed by atoms with van der Waals surface area (Å²) in [6.07, 6.45) is 7.80. The molecule has 5 heteroatoms. The van der Waals surface area contributed by atoms with E-state index in [-0.39, 0.29) is 22.7 Å². The molecule has 168 valence electrons. The van der Waals surface area contributed by atoms with Gasteiger partial charge in [0.05, 0.1) is 18.8 Å². The minimum Gasteiger partial charge on any atom is -0.390 e. The van der Waals surface area contributed by atoms with Gasteiger partial charge in [-0.3, -0.25) is 4.79 Å². The third-order valence-corrected chi connectivity index (χ3v) is 9.88. The number of likely N-dealkylation sites (tertiary alicyclic amines) is 1. The number of amides is 1. The number of carbonyl (C=O) groups excluding carboxylic acids is 1. The van der Waals surface area contributed by atoms with E-state index >= 15 is 0 Å². The molecule has 2 saturated carbocycles. The molecular weight excluding hydrogens is 378 g/mol. The molecule has 2 heterocycles. The largest absolute Gasteiger partial charge is 0.390 e. The zero-order chi connectivity index (χ0) is 21.5. The van der Waals surface area contributed by atoms with E-state index in [4.69, 9.17) is 9.47 Å². The van der Waals surface area contributed by atoms with Crippen LogP contribution in [0.15, 0.2) is 11.8 Å². The van der Waals surface area contributed by atoms with Crippen molar-refractivity contribution in [1.82, 2.24) is 4.90 Å². The lowest BCUT2D eigenvalue weighted by Gasteiger charge is -2.64. The SMILES string of the molecule is CCN1C(=O)CCC2(C)C1=CCC1C2C(C)(O)CC2(C)C1CCC2C1(C)OCCO1. The normalized spacial score (nSPS) is 50.0. The van der Waals surface area contributed by atoms with Gasteiger partial charge >= 0.3 is 0 Å². The van der Waals surface area contributed by atoms with Crippen molar-refractivity contribution < 1.29 is 19.4 Å². The average molecular weight is 418 g/mol. The van der Waals surface area contributed by atoms with Gasteiger partial charge in [0.2, 0.25) is 5.91 Å². The van der Waals surface area contributed by atoms with Crippen LogP contribution in [0.4, 0.5) is 0 Å². The molecule has 0 spiro atoms. The zero-order valence-corrected chi connectivity index (χ0v) is 19.4. The van der Waals surface area contributed by atoms with E-state index in [9.17, 15) is 9.90 Å². The number of ether oxygens (including phenoxy) is 2. The Morgan fingerprint density at radius 3 is 2.53 bits per heavy atom. The second kappa shape index (κ2) is 6.55. The molecular formula is C25H39NO4. The fourth-order valence-electron chi connectivity index (χ4n) is 9.17. The average Bonchev–Trinajstić information content (AvgIpc) is 3.24. The molecule has 1 N–H and O–H groups in total. The van der Waals surface area contributed by atoms with E-state index in [0.717, 1.165) is 32.2 Å². The van der Waals surface area contributed by atoms with E-state index in [1.807, 2.05) is 4.90 Å². The lowest BCUT2D eigenvalue weighted by molar-refractivity contribution is -0.238. The molecule has 0 aromatic heterocycles. The van der Waals surface area contributed by atoms with Gasteiger partial charge in [0.1, 0.15) is 0 Å². The molecule has 2 aliphatic heterocycles. The molecule has 5 aliphatic rings. The summed E-state index contributed by atoms with van der Waals surface area (Å²) < 4.78 is 12.3. The highest BCUT2D eigenvalue weighted by Gasteiger charge is 2.68. The fraction of sp³-hybridized carbons (Fsp3) is 0.880. The van der Waals surface area contributed by atoms with Gasteiger partial charge < -0.3 is 19.5 Å². The van der Waals surface area contributed by atoms with Crippen LogP contribution in [0.1, 0.15) is 73.1 Å². The predicted molar refractivity (Wildman–Crippen MR) is 114 cm³/mol. The second-order valence-corrected chi connectivity index (χ2v) is 11.5. The van der Waals surface area contributed by atoms with Crippen molar-refractivity contribution in [3.63, 3.8) is 0 Å².